The quantitative estimate of drug-likeness (QED) is 0.735. The van der Waals surface area contributed by atoms with Gasteiger partial charge in [0.25, 0.3) is 0 Å². The van der Waals surface area contributed by atoms with Crippen LogP contribution in [0.2, 0.25) is 0 Å². The van der Waals surface area contributed by atoms with Gasteiger partial charge in [-0.3, -0.25) is 4.79 Å². The Hall–Kier alpha value is -1.64. The number of fused-ring (bicyclic) bond motifs is 1. The zero-order valence-corrected chi connectivity index (χ0v) is 10.4. The summed E-state index contributed by atoms with van der Waals surface area (Å²) in [6, 6.07) is 3.83. The van der Waals surface area contributed by atoms with Crippen LogP contribution in [0.1, 0.15) is 40.4 Å². The van der Waals surface area contributed by atoms with Gasteiger partial charge in [-0.15, -0.1) is 0 Å². The number of Topliss-reactive ketones (excluding diaryl/α,β-unsaturated/α-hetero) is 1. The number of rotatable bonds is 2. The lowest BCUT2D eigenvalue weighted by atomic mass is 9.92. The van der Waals surface area contributed by atoms with Crippen molar-refractivity contribution in [3.8, 4) is 0 Å². The molecule has 1 atom stereocenters. The second-order valence-electron chi connectivity index (χ2n) is 4.51. The van der Waals surface area contributed by atoms with E-state index in [9.17, 15) is 9.59 Å². The second kappa shape index (κ2) is 4.32. The summed E-state index contributed by atoms with van der Waals surface area (Å²) in [4.78, 5) is 23.4. The van der Waals surface area contributed by atoms with E-state index in [-0.39, 0.29) is 11.8 Å². The van der Waals surface area contributed by atoms with Crippen LogP contribution in [0.5, 0.6) is 0 Å². The number of cyclic esters (lactones) is 1. The van der Waals surface area contributed by atoms with E-state index in [2.05, 4.69) is 0 Å². The van der Waals surface area contributed by atoms with E-state index >= 15 is 0 Å². The van der Waals surface area contributed by atoms with Crippen molar-refractivity contribution in [2.24, 2.45) is 0 Å². The average molecular weight is 232 g/mol. The molecule has 1 aromatic carbocycles. The van der Waals surface area contributed by atoms with Gasteiger partial charge in [0.2, 0.25) is 0 Å². The van der Waals surface area contributed by atoms with Gasteiger partial charge in [0.05, 0.1) is 5.56 Å². The molecule has 3 heteroatoms. The molecule has 1 aliphatic rings. The van der Waals surface area contributed by atoms with Gasteiger partial charge in [0, 0.05) is 12.8 Å². The zero-order chi connectivity index (χ0) is 12.6. The SMILES string of the molecule is CCC(=O)C1Cc2cc(C)c(C)cc2C(=O)O1. The number of hydrogen-bond donors (Lipinski definition) is 0. The Morgan fingerprint density at radius 2 is 2.00 bits per heavy atom. The number of aryl methyl sites for hydroxylation is 2. The molecule has 0 aromatic heterocycles. The minimum absolute atomic E-state index is 0.0118. The second-order valence-corrected chi connectivity index (χ2v) is 4.51. The monoisotopic (exact) mass is 232 g/mol. The molecule has 17 heavy (non-hydrogen) atoms. The molecule has 1 unspecified atom stereocenters. The first kappa shape index (κ1) is 11.8. The molecular formula is C14H16O3. The van der Waals surface area contributed by atoms with Gasteiger partial charge in [-0.05, 0) is 36.6 Å². The van der Waals surface area contributed by atoms with Crippen molar-refractivity contribution < 1.29 is 14.3 Å². The molecule has 1 aromatic rings. The van der Waals surface area contributed by atoms with Crippen molar-refractivity contribution in [2.45, 2.75) is 39.7 Å². The van der Waals surface area contributed by atoms with Gasteiger partial charge in [-0.1, -0.05) is 13.0 Å². The van der Waals surface area contributed by atoms with Crippen LogP contribution in [0.15, 0.2) is 12.1 Å². The van der Waals surface area contributed by atoms with Crippen molar-refractivity contribution in [1.29, 1.82) is 0 Å². The van der Waals surface area contributed by atoms with Gasteiger partial charge < -0.3 is 4.74 Å². The fourth-order valence-electron chi connectivity index (χ4n) is 2.08. The molecule has 0 amide bonds. The van der Waals surface area contributed by atoms with Crippen molar-refractivity contribution >= 4 is 11.8 Å². The smallest absolute Gasteiger partial charge is 0.339 e. The Bertz CT molecular complexity index is 488. The lowest BCUT2D eigenvalue weighted by molar-refractivity contribution is -0.127. The number of carbonyl (C=O) groups excluding carboxylic acids is 2. The Labute approximate surface area is 101 Å². The Morgan fingerprint density at radius 1 is 1.35 bits per heavy atom. The molecule has 0 saturated heterocycles. The molecule has 90 valence electrons. The van der Waals surface area contributed by atoms with Gasteiger partial charge >= 0.3 is 5.97 Å². The van der Waals surface area contributed by atoms with Crippen LogP contribution in [-0.4, -0.2) is 17.9 Å². The fraction of sp³-hybridized carbons (Fsp3) is 0.429. The minimum atomic E-state index is -0.595. The number of esters is 1. The number of carbonyl (C=O) groups is 2. The zero-order valence-electron chi connectivity index (χ0n) is 10.4. The predicted molar refractivity (Wildman–Crippen MR) is 64.1 cm³/mol. The summed E-state index contributed by atoms with van der Waals surface area (Å²) in [5, 5.41) is 0. The maximum atomic E-state index is 11.8. The van der Waals surface area contributed by atoms with Crippen LogP contribution in [0.25, 0.3) is 0 Å². The van der Waals surface area contributed by atoms with Crippen molar-refractivity contribution in [3.63, 3.8) is 0 Å². The Balaban J connectivity index is 2.39. The molecule has 0 saturated carbocycles. The summed E-state index contributed by atoms with van der Waals surface area (Å²) < 4.78 is 5.17. The summed E-state index contributed by atoms with van der Waals surface area (Å²) in [6.45, 7) is 5.75. The summed E-state index contributed by atoms with van der Waals surface area (Å²) >= 11 is 0. The van der Waals surface area contributed by atoms with Crippen molar-refractivity contribution in [2.75, 3.05) is 0 Å². The van der Waals surface area contributed by atoms with E-state index in [4.69, 9.17) is 4.74 Å². The predicted octanol–water partition coefficient (Wildman–Crippen LogP) is 2.36. The van der Waals surface area contributed by atoms with Crippen molar-refractivity contribution in [3.05, 3.63) is 34.4 Å². The molecular weight excluding hydrogens is 216 g/mol. The first-order valence-electron chi connectivity index (χ1n) is 5.86. The van der Waals surface area contributed by atoms with Crippen LogP contribution in [-0.2, 0) is 16.0 Å². The van der Waals surface area contributed by atoms with Crippen LogP contribution < -0.4 is 0 Å². The third kappa shape index (κ3) is 2.09. The largest absolute Gasteiger partial charge is 0.450 e. The average Bonchev–Trinajstić information content (AvgIpc) is 2.30. The first-order chi connectivity index (χ1) is 8.02. The first-order valence-corrected chi connectivity index (χ1v) is 5.86. The van der Waals surface area contributed by atoms with Crippen LogP contribution in [0.4, 0.5) is 0 Å². The Kier molecular flexibility index (Phi) is 3.01. The maximum absolute atomic E-state index is 11.8. The molecule has 1 aliphatic heterocycles. The molecule has 0 fully saturated rings. The summed E-state index contributed by atoms with van der Waals surface area (Å²) in [6.07, 6.45) is 0.314. The van der Waals surface area contributed by atoms with Gasteiger partial charge in [-0.2, -0.15) is 0 Å². The molecule has 0 radical (unpaired) electrons. The van der Waals surface area contributed by atoms with Crippen molar-refractivity contribution in [1.82, 2.24) is 0 Å². The molecule has 3 nitrogen and oxygen atoms in total. The van der Waals surface area contributed by atoms with E-state index < -0.39 is 6.10 Å². The highest BCUT2D eigenvalue weighted by atomic mass is 16.5. The lowest BCUT2D eigenvalue weighted by Gasteiger charge is -2.24. The molecule has 0 bridgehead atoms. The third-order valence-electron chi connectivity index (χ3n) is 3.30. The number of hydrogen-bond acceptors (Lipinski definition) is 3. The number of ketones is 1. The topological polar surface area (TPSA) is 43.4 Å². The van der Waals surface area contributed by atoms with Gasteiger partial charge in [0.1, 0.15) is 0 Å². The summed E-state index contributed by atoms with van der Waals surface area (Å²) in [5.74, 6) is -0.386. The third-order valence-corrected chi connectivity index (χ3v) is 3.30. The number of benzene rings is 1. The minimum Gasteiger partial charge on any atom is -0.450 e. The highest BCUT2D eigenvalue weighted by molar-refractivity contribution is 5.96. The standard InChI is InChI=1S/C14H16O3/c1-4-12(15)13-7-10-5-8(2)9(3)6-11(10)14(16)17-13/h5-6,13H,4,7H2,1-3H3. The molecule has 0 aliphatic carbocycles. The molecule has 1 heterocycles. The van der Waals surface area contributed by atoms with E-state index in [1.807, 2.05) is 26.0 Å². The highest BCUT2D eigenvalue weighted by Crippen LogP contribution is 2.24. The molecule has 2 rings (SSSR count). The molecule has 0 N–H and O–H groups in total. The van der Waals surface area contributed by atoms with E-state index in [1.165, 1.54) is 0 Å². The van der Waals surface area contributed by atoms with E-state index in [1.54, 1.807) is 6.92 Å². The van der Waals surface area contributed by atoms with Crippen LogP contribution in [0.3, 0.4) is 0 Å². The highest BCUT2D eigenvalue weighted by Gasteiger charge is 2.30. The fourth-order valence-corrected chi connectivity index (χ4v) is 2.08. The Morgan fingerprint density at radius 3 is 2.65 bits per heavy atom. The van der Waals surface area contributed by atoms with Gasteiger partial charge in [0.15, 0.2) is 11.9 Å². The summed E-state index contributed by atoms with van der Waals surface area (Å²) in [5.41, 5.74) is 3.74. The molecule has 0 spiro atoms. The number of ether oxygens (including phenoxy) is 1. The maximum Gasteiger partial charge on any atom is 0.339 e. The van der Waals surface area contributed by atoms with Crippen LogP contribution >= 0.6 is 0 Å². The normalized spacial score (nSPS) is 18.5. The summed E-state index contributed by atoms with van der Waals surface area (Å²) in [7, 11) is 0. The van der Waals surface area contributed by atoms with Crippen LogP contribution in [0, 0.1) is 13.8 Å². The lowest BCUT2D eigenvalue weighted by Crippen LogP contribution is -2.34. The van der Waals surface area contributed by atoms with E-state index in [0.29, 0.717) is 18.4 Å². The van der Waals surface area contributed by atoms with Gasteiger partial charge in [-0.25, -0.2) is 4.79 Å². The van der Waals surface area contributed by atoms with E-state index in [0.717, 1.165) is 16.7 Å².